The molecule has 0 fully saturated rings. The molecule has 1 aromatic carbocycles. The van der Waals surface area contributed by atoms with E-state index in [0.29, 0.717) is 0 Å². The van der Waals surface area contributed by atoms with E-state index in [1.165, 1.54) is 0 Å². The first kappa shape index (κ1) is 8.46. The molecule has 60 valence electrons. The summed E-state index contributed by atoms with van der Waals surface area (Å²) in [5.74, 6) is -1.16. The Labute approximate surface area is 71.1 Å². The lowest BCUT2D eigenvalue weighted by Gasteiger charge is -2.01. The lowest BCUT2D eigenvalue weighted by atomic mass is 10.3. The Hall–Kier alpha value is -0.640. The van der Waals surface area contributed by atoms with Gasteiger partial charge in [-0.2, -0.15) is 0 Å². The van der Waals surface area contributed by atoms with Crippen molar-refractivity contribution in [2.45, 2.75) is 0 Å². The third-order valence-electron chi connectivity index (χ3n) is 1.10. The Kier molecular flexibility index (Phi) is 2.82. The van der Waals surface area contributed by atoms with Gasteiger partial charge in [0.1, 0.15) is 11.3 Å². The van der Waals surface area contributed by atoms with Gasteiger partial charge in [-0.3, -0.25) is 0 Å². The van der Waals surface area contributed by atoms with Crippen LogP contribution in [-0.2, 0) is 0 Å². The second-order valence-corrected chi connectivity index (χ2v) is 2.29. The van der Waals surface area contributed by atoms with E-state index in [4.69, 9.17) is 4.74 Å². The van der Waals surface area contributed by atoms with Gasteiger partial charge in [-0.1, -0.05) is 0 Å². The molecule has 11 heavy (non-hydrogen) atoms. The van der Waals surface area contributed by atoms with Crippen LogP contribution in [0.5, 0.6) is 5.75 Å². The Morgan fingerprint density at radius 2 is 2.09 bits per heavy atom. The smallest absolute Gasteiger partial charge is 0.165 e. The molecule has 0 aliphatic heterocycles. The summed E-state index contributed by atoms with van der Waals surface area (Å²) in [7, 11) is 0. The highest BCUT2D eigenvalue weighted by Crippen LogP contribution is 2.17. The summed E-state index contributed by atoms with van der Waals surface area (Å²) in [6.45, 7) is 0. The van der Waals surface area contributed by atoms with Crippen LogP contribution < -0.4 is 4.74 Å². The fourth-order valence-corrected chi connectivity index (χ4v) is 0.893. The maximum Gasteiger partial charge on any atom is 0.165 e. The summed E-state index contributed by atoms with van der Waals surface area (Å²) in [6.07, 6.45) is 0. The molecule has 4 heteroatoms. The van der Waals surface area contributed by atoms with Crippen LogP contribution in [0.3, 0.4) is 0 Å². The van der Waals surface area contributed by atoms with Gasteiger partial charge in [0.15, 0.2) is 11.6 Å². The summed E-state index contributed by atoms with van der Waals surface area (Å²) in [5, 5.41) is 0. The van der Waals surface area contributed by atoms with Crippen molar-refractivity contribution in [3.63, 3.8) is 0 Å². The molecule has 0 unspecified atom stereocenters. The average Bonchev–Trinajstić information content (AvgIpc) is 1.98. The van der Waals surface area contributed by atoms with Gasteiger partial charge in [-0.15, -0.1) is 0 Å². The van der Waals surface area contributed by atoms with Gasteiger partial charge in [0.05, 0.1) is 0 Å². The summed E-state index contributed by atoms with van der Waals surface area (Å²) in [6, 6.07) is 3.06. The highest BCUT2D eigenvalue weighted by molar-refractivity contribution is 9.09. The maximum atomic E-state index is 12.6. The summed E-state index contributed by atoms with van der Waals surface area (Å²) in [5.41, 5.74) is 0.146. The van der Waals surface area contributed by atoms with Crippen LogP contribution in [-0.4, -0.2) is 5.52 Å². The van der Waals surface area contributed by atoms with E-state index >= 15 is 0 Å². The van der Waals surface area contributed by atoms with E-state index in [-0.39, 0.29) is 11.3 Å². The predicted molar refractivity (Wildman–Crippen MR) is 40.8 cm³/mol. The SMILES string of the molecule is Fc1ccc(F)c(OCBr)c1. The zero-order chi connectivity index (χ0) is 8.27. The standard InChI is InChI=1S/C7H5BrF2O/c8-4-11-7-3-5(9)1-2-6(7)10/h1-3H,4H2. The number of hydrogen-bond donors (Lipinski definition) is 0. The van der Waals surface area contributed by atoms with E-state index in [1.807, 2.05) is 0 Å². The molecule has 0 heterocycles. The highest BCUT2D eigenvalue weighted by Gasteiger charge is 2.02. The van der Waals surface area contributed by atoms with Crippen molar-refractivity contribution in [1.82, 2.24) is 0 Å². The van der Waals surface area contributed by atoms with E-state index in [1.54, 1.807) is 0 Å². The van der Waals surface area contributed by atoms with Crippen LogP contribution in [0.4, 0.5) is 8.78 Å². The summed E-state index contributed by atoms with van der Waals surface area (Å²) >= 11 is 2.93. The molecule has 0 bridgehead atoms. The van der Waals surface area contributed by atoms with Gasteiger partial charge in [-0.05, 0) is 28.1 Å². The lowest BCUT2D eigenvalue weighted by molar-refractivity contribution is 0.369. The zero-order valence-corrected chi connectivity index (χ0v) is 7.07. The van der Waals surface area contributed by atoms with Crippen LogP contribution in [0.1, 0.15) is 0 Å². The fourth-order valence-electron chi connectivity index (χ4n) is 0.647. The third-order valence-corrected chi connectivity index (χ3v) is 1.33. The molecule has 1 aromatic rings. The van der Waals surface area contributed by atoms with Crippen molar-refractivity contribution in [2.75, 3.05) is 5.52 Å². The highest BCUT2D eigenvalue weighted by atomic mass is 79.9. The fraction of sp³-hybridized carbons (Fsp3) is 0.143. The normalized spacial score (nSPS) is 9.73. The first-order valence-corrected chi connectivity index (χ1v) is 4.00. The molecular weight excluding hydrogens is 218 g/mol. The van der Waals surface area contributed by atoms with Gasteiger partial charge in [0, 0.05) is 6.07 Å². The summed E-state index contributed by atoms with van der Waals surface area (Å²) < 4.78 is 29.8. The van der Waals surface area contributed by atoms with Gasteiger partial charge < -0.3 is 4.74 Å². The van der Waals surface area contributed by atoms with Crippen molar-refractivity contribution < 1.29 is 13.5 Å². The average molecular weight is 223 g/mol. The second-order valence-electron chi connectivity index (χ2n) is 1.83. The van der Waals surface area contributed by atoms with Crippen molar-refractivity contribution in [3.05, 3.63) is 29.8 Å². The molecule has 0 atom stereocenters. The Morgan fingerprint density at radius 3 is 2.73 bits per heavy atom. The molecule has 0 aliphatic carbocycles. The number of halogens is 3. The van der Waals surface area contributed by atoms with Crippen LogP contribution in [0.25, 0.3) is 0 Å². The minimum absolute atomic E-state index is 0.0816. The van der Waals surface area contributed by atoms with E-state index in [2.05, 4.69) is 15.9 Å². The number of benzene rings is 1. The minimum Gasteiger partial charge on any atom is -0.479 e. The molecule has 0 radical (unpaired) electrons. The van der Waals surface area contributed by atoms with E-state index in [0.717, 1.165) is 18.2 Å². The molecule has 0 N–H and O–H groups in total. The lowest BCUT2D eigenvalue weighted by Crippen LogP contribution is -1.92. The molecular formula is C7H5BrF2O. The van der Waals surface area contributed by atoms with E-state index in [9.17, 15) is 8.78 Å². The molecule has 0 spiro atoms. The van der Waals surface area contributed by atoms with Gasteiger partial charge in [0.25, 0.3) is 0 Å². The number of rotatable bonds is 2. The first-order valence-electron chi connectivity index (χ1n) is 2.88. The van der Waals surface area contributed by atoms with Crippen LogP contribution in [0.15, 0.2) is 18.2 Å². The van der Waals surface area contributed by atoms with Crippen molar-refractivity contribution >= 4 is 15.9 Å². The van der Waals surface area contributed by atoms with Gasteiger partial charge in [0.2, 0.25) is 0 Å². The van der Waals surface area contributed by atoms with E-state index < -0.39 is 11.6 Å². The van der Waals surface area contributed by atoms with Crippen LogP contribution in [0, 0.1) is 11.6 Å². The first-order chi connectivity index (χ1) is 5.24. The predicted octanol–water partition coefficient (Wildman–Crippen LogP) is 2.70. The minimum atomic E-state index is -0.564. The molecule has 1 rings (SSSR count). The Bertz CT molecular complexity index is 252. The van der Waals surface area contributed by atoms with Gasteiger partial charge in [-0.25, -0.2) is 8.78 Å². The van der Waals surface area contributed by atoms with Crippen molar-refractivity contribution in [3.8, 4) is 5.75 Å². The number of hydrogen-bond acceptors (Lipinski definition) is 1. The monoisotopic (exact) mass is 222 g/mol. The number of ether oxygens (including phenoxy) is 1. The van der Waals surface area contributed by atoms with Crippen molar-refractivity contribution in [2.24, 2.45) is 0 Å². The van der Waals surface area contributed by atoms with Crippen LogP contribution >= 0.6 is 15.9 Å². The zero-order valence-electron chi connectivity index (χ0n) is 5.48. The Morgan fingerprint density at radius 1 is 1.36 bits per heavy atom. The quantitative estimate of drug-likeness (QED) is 0.700. The number of alkyl halides is 1. The Balaban J connectivity index is 2.93. The molecule has 0 aliphatic rings. The van der Waals surface area contributed by atoms with Gasteiger partial charge >= 0.3 is 0 Å². The third kappa shape index (κ3) is 2.15. The second kappa shape index (κ2) is 3.67. The largest absolute Gasteiger partial charge is 0.479 e. The van der Waals surface area contributed by atoms with Crippen LogP contribution in [0.2, 0.25) is 0 Å². The molecule has 1 nitrogen and oxygen atoms in total. The topological polar surface area (TPSA) is 9.23 Å². The maximum absolute atomic E-state index is 12.6. The molecule has 0 amide bonds. The summed E-state index contributed by atoms with van der Waals surface area (Å²) in [4.78, 5) is 0. The van der Waals surface area contributed by atoms with Crippen molar-refractivity contribution in [1.29, 1.82) is 0 Å². The molecule has 0 aromatic heterocycles. The molecule has 0 saturated carbocycles. The molecule has 0 saturated heterocycles.